The van der Waals surface area contributed by atoms with Gasteiger partial charge in [-0.15, -0.1) is 0 Å². The number of nitrogens with zero attached hydrogens (tertiary/aromatic N) is 1. The Labute approximate surface area is 117 Å². The molecule has 1 aromatic heterocycles. The van der Waals surface area contributed by atoms with Crippen molar-refractivity contribution in [3.05, 3.63) is 34.2 Å². The van der Waals surface area contributed by atoms with Crippen LogP contribution in [0.1, 0.15) is 5.56 Å². The summed E-state index contributed by atoms with van der Waals surface area (Å²) < 4.78 is 39.9. The number of rotatable bonds is 3. The molecule has 19 heavy (non-hydrogen) atoms. The molecule has 0 aliphatic heterocycles. The van der Waals surface area contributed by atoms with Crippen LogP contribution in [0, 0.1) is 12.7 Å². The van der Waals surface area contributed by atoms with Crippen molar-refractivity contribution < 1.29 is 12.8 Å². The average molecular weight is 349 g/mol. The second-order valence-electron chi connectivity index (χ2n) is 3.84. The summed E-state index contributed by atoms with van der Waals surface area (Å²) in [7, 11) is -3.89. The lowest BCUT2D eigenvalue weighted by Crippen LogP contribution is -2.15. The van der Waals surface area contributed by atoms with Crippen molar-refractivity contribution in [2.24, 2.45) is 0 Å². The van der Waals surface area contributed by atoms with E-state index in [2.05, 4.69) is 30.8 Å². The van der Waals surface area contributed by atoms with Crippen LogP contribution in [0.15, 0.2) is 27.7 Å². The van der Waals surface area contributed by atoms with Crippen molar-refractivity contribution in [2.45, 2.75) is 11.8 Å². The number of sulfonamides is 1. The molecule has 1 heterocycles. The van der Waals surface area contributed by atoms with Gasteiger partial charge in [-0.1, -0.05) is 0 Å². The first-order valence-electron chi connectivity index (χ1n) is 5.08. The lowest BCUT2D eigenvalue weighted by Gasteiger charge is -2.10. The lowest BCUT2D eigenvalue weighted by molar-refractivity contribution is 0.599. The van der Waals surface area contributed by atoms with Gasteiger partial charge in [-0.2, -0.15) is 5.10 Å². The first kappa shape index (κ1) is 13.8. The minimum absolute atomic E-state index is 0.0869. The molecule has 0 atom stereocenters. The number of aryl methyl sites for hydroxylation is 1. The highest BCUT2D eigenvalue weighted by molar-refractivity contribution is 9.10. The molecule has 102 valence electrons. The van der Waals surface area contributed by atoms with E-state index in [1.54, 1.807) is 6.92 Å². The number of nitrogen functional groups attached to an aromatic ring is 1. The highest BCUT2D eigenvalue weighted by Crippen LogP contribution is 2.28. The van der Waals surface area contributed by atoms with Gasteiger partial charge in [-0.25, -0.2) is 12.8 Å². The Hall–Kier alpha value is -1.61. The molecule has 2 rings (SSSR count). The number of aromatic nitrogens is 2. The molecular weight excluding hydrogens is 339 g/mol. The highest BCUT2D eigenvalue weighted by Gasteiger charge is 2.21. The molecular formula is C10H10BrFN4O2S. The molecule has 0 saturated heterocycles. The van der Waals surface area contributed by atoms with E-state index in [1.165, 1.54) is 6.20 Å². The van der Waals surface area contributed by atoms with E-state index in [-0.39, 0.29) is 20.9 Å². The summed E-state index contributed by atoms with van der Waals surface area (Å²) in [5, 5.41) is 6.22. The van der Waals surface area contributed by atoms with Gasteiger partial charge in [0.1, 0.15) is 16.5 Å². The molecule has 4 N–H and O–H groups in total. The third-order valence-corrected chi connectivity index (χ3v) is 4.71. The third-order valence-electron chi connectivity index (χ3n) is 2.41. The third kappa shape index (κ3) is 2.71. The Kier molecular flexibility index (Phi) is 3.50. The standard InChI is InChI=1S/C10H10BrFN4O2S/c1-5-4-14-15-10(5)16-19(17,18)9-3-8(13)7(12)2-6(9)11/h2-4H,13H2,1H3,(H2,14,15,16). The van der Waals surface area contributed by atoms with Crippen LogP contribution < -0.4 is 10.5 Å². The number of halogens is 2. The van der Waals surface area contributed by atoms with Crippen molar-refractivity contribution in [3.63, 3.8) is 0 Å². The molecule has 6 nitrogen and oxygen atoms in total. The predicted octanol–water partition coefficient (Wildman–Crippen LogP) is 2.00. The minimum Gasteiger partial charge on any atom is -0.396 e. The monoisotopic (exact) mass is 348 g/mol. The van der Waals surface area contributed by atoms with Crippen LogP contribution in [0.25, 0.3) is 0 Å². The summed E-state index contributed by atoms with van der Waals surface area (Å²) in [5.41, 5.74) is 5.77. The number of aromatic amines is 1. The molecule has 0 aliphatic carbocycles. The molecule has 9 heteroatoms. The zero-order valence-electron chi connectivity index (χ0n) is 9.74. The van der Waals surface area contributed by atoms with Crippen LogP contribution in [-0.4, -0.2) is 18.6 Å². The van der Waals surface area contributed by atoms with Gasteiger partial charge in [-0.05, 0) is 35.0 Å². The number of anilines is 2. The van der Waals surface area contributed by atoms with E-state index in [0.717, 1.165) is 12.1 Å². The molecule has 0 saturated carbocycles. The fourth-order valence-electron chi connectivity index (χ4n) is 1.39. The van der Waals surface area contributed by atoms with Crippen molar-refractivity contribution >= 4 is 37.5 Å². The first-order chi connectivity index (χ1) is 8.81. The van der Waals surface area contributed by atoms with E-state index in [9.17, 15) is 12.8 Å². The maximum absolute atomic E-state index is 13.2. The smallest absolute Gasteiger partial charge is 0.264 e. The summed E-state index contributed by atoms with van der Waals surface area (Å²) >= 11 is 3.00. The quantitative estimate of drug-likeness (QED) is 0.738. The van der Waals surface area contributed by atoms with Gasteiger partial charge in [0.2, 0.25) is 0 Å². The minimum atomic E-state index is -3.89. The number of nitrogens with one attached hydrogen (secondary N) is 2. The molecule has 0 unspecified atom stereocenters. The summed E-state index contributed by atoms with van der Waals surface area (Å²) in [6, 6.07) is 2.05. The average Bonchev–Trinajstić information content (AvgIpc) is 2.69. The normalized spacial score (nSPS) is 11.5. The Morgan fingerprint density at radius 2 is 2.16 bits per heavy atom. The van der Waals surface area contributed by atoms with E-state index in [1.807, 2.05) is 0 Å². The van der Waals surface area contributed by atoms with Gasteiger partial charge < -0.3 is 5.73 Å². The predicted molar refractivity (Wildman–Crippen MR) is 72.6 cm³/mol. The van der Waals surface area contributed by atoms with Crippen LogP contribution in [0.2, 0.25) is 0 Å². The fraction of sp³-hybridized carbons (Fsp3) is 0.100. The largest absolute Gasteiger partial charge is 0.396 e. The topological polar surface area (TPSA) is 101 Å². The zero-order chi connectivity index (χ0) is 14.2. The first-order valence-corrected chi connectivity index (χ1v) is 7.36. The van der Waals surface area contributed by atoms with Crippen LogP contribution >= 0.6 is 15.9 Å². The van der Waals surface area contributed by atoms with Gasteiger partial charge in [0.25, 0.3) is 10.0 Å². The number of H-pyrrole nitrogens is 1. The van der Waals surface area contributed by atoms with E-state index >= 15 is 0 Å². The SMILES string of the molecule is Cc1cn[nH]c1NS(=O)(=O)c1cc(N)c(F)cc1Br. The highest BCUT2D eigenvalue weighted by atomic mass is 79.9. The zero-order valence-corrected chi connectivity index (χ0v) is 12.1. The van der Waals surface area contributed by atoms with Crippen LogP contribution in [0.3, 0.4) is 0 Å². The molecule has 0 aliphatic rings. The van der Waals surface area contributed by atoms with E-state index in [0.29, 0.717) is 5.56 Å². The number of nitrogens with two attached hydrogens (primary N) is 1. The van der Waals surface area contributed by atoms with Crippen molar-refractivity contribution in [1.29, 1.82) is 0 Å². The number of hydrogen-bond donors (Lipinski definition) is 3. The number of hydrogen-bond acceptors (Lipinski definition) is 4. The van der Waals surface area contributed by atoms with E-state index < -0.39 is 15.8 Å². The Bertz CT molecular complexity index is 729. The molecule has 0 amide bonds. The number of benzene rings is 1. The lowest BCUT2D eigenvalue weighted by atomic mass is 10.3. The van der Waals surface area contributed by atoms with Crippen LogP contribution in [-0.2, 0) is 10.0 Å². The van der Waals surface area contributed by atoms with Crippen molar-refractivity contribution in [2.75, 3.05) is 10.5 Å². The molecule has 2 aromatic rings. The second kappa shape index (κ2) is 4.82. The Balaban J connectivity index is 2.46. The van der Waals surface area contributed by atoms with E-state index in [4.69, 9.17) is 5.73 Å². The van der Waals surface area contributed by atoms with Crippen LogP contribution in [0.5, 0.6) is 0 Å². The van der Waals surface area contributed by atoms with Gasteiger partial charge >= 0.3 is 0 Å². The molecule has 0 radical (unpaired) electrons. The summed E-state index contributed by atoms with van der Waals surface area (Å²) in [6.07, 6.45) is 1.48. The van der Waals surface area contributed by atoms with Gasteiger partial charge in [0.05, 0.1) is 11.9 Å². The molecule has 0 bridgehead atoms. The van der Waals surface area contributed by atoms with Gasteiger partial charge in [-0.3, -0.25) is 9.82 Å². The molecule has 1 aromatic carbocycles. The second-order valence-corrected chi connectivity index (χ2v) is 6.34. The summed E-state index contributed by atoms with van der Waals surface area (Å²) in [5.74, 6) is -0.446. The van der Waals surface area contributed by atoms with Gasteiger partial charge in [0.15, 0.2) is 0 Å². The van der Waals surface area contributed by atoms with Crippen LogP contribution in [0.4, 0.5) is 15.9 Å². The summed E-state index contributed by atoms with van der Waals surface area (Å²) in [4.78, 5) is -0.152. The van der Waals surface area contributed by atoms with Crippen molar-refractivity contribution in [3.8, 4) is 0 Å². The maximum atomic E-state index is 13.2. The summed E-state index contributed by atoms with van der Waals surface area (Å²) in [6.45, 7) is 1.69. The van der Waals surface area contributed by atoms with Crippen molar-refractivity contribution in [1.82, 2.24) is 10.2 Å². The fourth-order valence-corrected chi connectivity index (χ4v) is 3.53. The molecule has 0 spiro atoms. The Morgan fingerprint density at radius 1 is 1.47 bits per heavy atom. The van der Waals surface area contributed by atoms with Gasteiger partial charge in [0, 0.05) is 10.0 Å². The Morgan fingerprint density at radius 3 is 2.74 bits per heavy atom. The maximum Gasteiger partial charge on any atom is 0.264 e. The molecule has 0 fully saturated rings.